The maximum atomic E-state index is 14.0. The number of aromatic hydroxyl groups is 3. The van der Waals surface area contributed by atoms with Gasteiger partial charge >= 0.3 is 0 Å². The zero-order valence-corrected chi connectivity index (χ0v) is 26.6. The quantitative estimate of drug-likeness (QED) is 0.111. The molecule has 3 aromatic rings. The molecule has 3 aliphatic rings. The van der Waals surface area contributed by atoms with Crippen LogP contribution in [0.5, 0.6) is 23.0 Å². The lowest BCUT2D eigenvalue weighted by molar-refractivity contribution is -0.352. The first-order valence-corrected chi connectivity index (χ1v) is 15.8. The van der Waals surface area contributed by atoms with Crippen molar-refractivity contribution in [1.82, 2.24) is 0 Å². The van der Waals surface area contributed by atoms with Gasteiger partial charge in [0.1, 0.15) is 83.2 Å². The lowest BCUT2D eigenvalue weighted by Gasteiger charge is -2.45. The Kier molecular flexibility index (Phi) is 10.7. The summed E-state index contributed by atoms with van der Waals surface area (Å²) in [6, 6.07) is 7.15. The minimum absolute atomic E-state index is 0.139. The number of phenols is 3. The third-order valence-corrected chi connectivity index (χ3v) is 8.90. The van der Waals surface area contributed by atoms with E-state index in [1.165, 1.54) is 31.2 Å². The fourth-order valence-corrected chi connectivity index (χ4v) is 5.97. The number of aliphatic hydroxyl groups excluding tert-OH is 8. The molecule has 19 heteroatoms. The predicted octanol–water partition coefficient (Wildman–Crippen LogP) is -2.93. The summed E-state index contributed by atoms with van der Waals surface area (Å²) in [5.41, 5.74) is -1.15. The minimum atomic E-state index is -1.99. The number of benzene rings is 2. The molecule has 0 aliphatic carbocycles. The van der Waals surface area contributed by atoms with Gasteiger partial charge in [0.2, 0.25) is 17.5 Å². The molecule has 19 nitrogen and oxygen atoms in total. The molecule has 0 amide bonds. The monoisotopic (exact) mass is 726 g/mol. The molecule has 6 rings (SSSR count). The van der Waals surface area contributed by atoms with Crippen LogP contribution >= 0.6 is 0 Å². The van der Waals surface area contributed by atoms with Crippen molar-refractivity contribution in [1.29, 1.82) is 0 Å². The van der Waals surface area contributed by atoms with Gasteiger partial charge < -0.3 is 89.0 Å². The van der Waals surface area contributed by atoms with Crippen molar-refractivity contribution >= 4 is 11.0 Å². The van der Waals surface area contributed by atoms with E-state index < -0.39 is 127 Å². The highest BCUT2D eigenvalue weighted by Gasteiger charge is 2.51. The summed E-state index contributed by atoms with van der Waals surface area (Å²) in [5.74, 6) is -2.27. The fourth-order valence-electron chi connectivity index (χ4n) is 5.97. The smallest absolute Gasteiger partial charge is 0.239 e. The molecule has 2 aromatic carbocycles. The third-order valence-electron chi connectivity index (χ3n) is 8.90. The minimum Gasteiger partial charge on any atom is -0.508 e. The molecule has 3 saturated heterocycles. The summed E-state index contributed by atoms with van der Waals surface area (Å²) in [6.07, 6.45) is -23.4. The molecule has 2 unspecified atom stereocenters. The topological polar surface area (TPSA) is 308 Å². The van der Waals surface area contributed by atoms with E-state index in [4.69, 9.17) is 32.8 Å². The van der Waals surface area contributed by atoms with Gasteiger partial charge in [0, 0.05) is 17.7 Å². The molecule has 14 atom stereocenters. The van der Waals surface area contributed by atoms with Gasteiger partial charge in [0.15, 0.2) is 24.4 Å². The van der Waals surface area contributed by atoms with E-state index in [0.717, 1.165) is 12.1 Å². The van der Waals surface area contributed by atoms with Crippen LogP contribution in [0.15, 0.2) is 45.6 Å². The summed E-state index contributed by atoms with van der Waals surface area (Å²) in [6.45, 7) is 0.243. The van der Waals surface area contributed by atoms with Crippen molar-refractivity contribution in [3.05, 3.63) is 46.6 Å². The van der Waals surface area contributed by atoms with Crippen LogP contribution in [0.2, 0.25) is 0 Å². The second kappa shape index (κ2) is 14.8. The molecule has 0 spiro atoms. The lowest BCUT2D eigenvalue weighted by Crippen LogP contribution is -2.64. The van der Waals surface area contributed by atoms with E-state index in [9.17, 15) is 61.0 Å². The zero-order chi connectivity index (χ0) is 36.9. The molecule has 51 heavy (non-hydrogen) atoms. The van der Waals surface area contributed by atoms with E-state index in [1.54, 1.807) is 0 Å². The molecule has 280 valence electrons. The SMILES string of the molecule is CC1O[C@@H](OCC2O[C@@H](Oc3c(-c4ccc(O)cc4)oc4cc(O)cc(O)c4c3=O)[C@@H](O[C@@H]3OC[C@@H](O)[C@H](O)[C@H]3O)[C@H](O)[C@H]2O)[C@H](O)[C@H](O)[C@H]1O. The average molecular weight is 727 g/mol. The fraction of sp³-hybridized carbons (Fsp3) is 0.531. The van der Waals surface area contributed by atoms with E-state index >= 15 is 0 Å². The van der Waals surface area contributed by atoms with E-state index in [-0.39, 0.29) is 22.7 Å². The predicted molar refractivity (Wildman–Crippen MR) is 165 cm³/mol. The summed E-state index contributed by atoms with van der Waals surface area (Å²) in [7, 11) is 0. The Bertz CT molecular complexity index is 1730. The summed E-state index contributed by atoms with van der Waals surface area (Å²) in [4.78, 5) is 14.0. The maximum Gasteiger partial charge on any atom is 0.239 e. The van der Waals surface area contributed by atoms with Crippen LogP contribution < -0.4 is 10.2 Å². The Hall–Kier alpha value is -3.67. The van der Waals surface area contributed by atoms with Crippen LogP contribution in [0.3, 0.4) is 0 Å². The molecule has 11 N–H and O–H groups in total. The van der Waals surface area contributed by atoms with Gasteiger partial charge in [-0.05, 0) is 31.2 Å². The highest BCUT2D eigenvalue weighted by molar-refractivity contribution is 5.88. The van der Waals surface area contributed by atoms with Gasteiger partial charge in [-0.3, -0.25) is 4.79 Å². The Morgan fingerprint density at radius 1 is 0.745 bits per heavy atom. The number of ether oxygens (including phenoxy) is 6. The summed E-state index contributed by atoms with van der Waals surface area (Å²) in [5, 5.41) is 114. The third kappa shape index (κ3) is 7.22. The van der Waals surface area contributed by atoms with Crippen molar-refractivity contribution in [2.45, 2.75) is 92.9 Å². The Morgan fingerprint density at radius 2 is 1.43 bits per heavy atom. The number of hydrogen-bond donors (Lipinski definition) is 11. The van der Waals surface area contributed by atoms with Crippen molar-refractivity contribution in [2.75, 3.05) is 13.2 Å². The van der Waals surface area contributed by atoms with Gasteiger partial charge in [0.05, 0.1) is 19.3 Å². The van der Waals surface area contributed by atoms with Crippen molar-refractivity contribution < 1.29 is 89.0 Å². The van der Waals surface area contributed by atoms with Crippen LogP contribution in [0.1, 0.15) is 6.92 Å². The van der Waals surface area contributed by atoms with Crippen molar-refractivity contribution in [2.24, 2.45) is 0 Å². The van der Waals surface area contributed by atoms with Gasteiger partial charge in [-0.25, -0.2) is 0 Å². The zero-order valence-electron chi connectivity index (χ0n) is 26.6. The molecule has 0 saturated carbocycles. The first-order chi connectivity index (χ1) is 24.2. The van der Waals surface area contributed by atoms with Gasteiger partial charge in [-0.15, -0.1) is 0 Å². The highest BCUT2D eigenvalue weighted by atomic mass is 16.8. The molecule has 3 fully saturated rings. The summed E-state index contributed by atoms with van der Waals surface area (Å²) >= 11 is 0. The standard InChI is InChI=1S/C32H38O19/c1-10-19(37)23(41)26(44)30(47-10)46-9-17-21(39)24(42)29(51-31-25(43)20(38)15(36)8-45-31)32(49-17)50-28-22(40)18-14(35)6-13(34)7-16(18)48-27(28)11-2-4-12(33)5-3-11/h2-7,10,15,17,19-21,23-26,29-39,41-44H,8-9H2,1H3/t10?,15-,17?,19+,20+,21+,23-,24-,25-,26-,29+,30-,31+,32+/m1/s1. The largest absolute Gasteiger partial charge is 0.508 e. The van der Waals surface area contributed by atoms with Gasteiger partial charge in [-0.1, -0.05) is 0 Å². The summed E-state index contributed by atoms with van der Waals surface area (Å²) < 4.78 is 39.9. The van der Waals surface area contributed by atoms with Crippen LogP contribution in [-0.4, -0.2) is 155 Å². The Balaban J connectivity index is 1.38. The number of aliphatic hydroxyl groups is 8. The van der Waals surface area contributed by atoms with E-state index in [0.29, 0.717) is 0 Å². The molecule has 0 bridgehead atoms. The average Bonchev–Trinajstić information content (AvgIpc) is 3.09. The number of phenolic OH excluding ortho intramolecular Hbond substituents is 3. The molecule has 3 aliphatic heterocycles. The molecule has 4 heterocycles. The highest BCUT2D eigenvalue weighted by Crippen LogP contribution is 2.38. The van der Waals surface area contributed by atoms with Crippen LogP contribution in [0.4, 0.5) is 0 Å². The van der Waals surface area contributed by atoms with E-state index in [2.05, 4.69) is 0 Å². The maximum absolute atomic E-state index is 14.0. The van der Waals surface area contributed by atoms with Crippen LogP contribution in [0, 0.1) is 0 Å². The molecule has 0 radical (unpaired) electrons. The number of rotatable bonds is 8. The second-order valence-corrected chi connectivity index (χ2v) is 12.5. The van der Waals surface area contributed by atoms with Crippen molar-refractivity contribution in [3.8, 4) is 34.3 Å². The number of hydrogen-bond acceptors (Lipinski definition) is 19. The Labute approximate surface area is 287 Å². The lowest BCUT2D eigenvalue weighted by atomic mass is 9.98. The number of fused-ring (bicyclic) bond motifs is 1. The van der Waals surface area contributed by atoms with Crippen LogP contribution in [0.25, 0.3) is 22.3 Å². The van der Waals surface area contributed by atoms with Gasteiger partial charge in [0.25, 0.3) is 0 Å². The first kappa shape index (κ1) is 37.1. The molecule has 1 aromatic heterocycles. The Morgan fingerprint density at radius 3 is 2.14 bits per heavy atom. The second-order valence-electron chi connectivity index (χ2n) is 12.5. The van der Waals surface area contributed by atoms with Gasteiger partial charge in [-0.2, -0.15) is 0 Å². The normalized spacial score (nSPS) is 37.4. The van der Waals surface area contributed by atoms with Crippen LogP contribution in [-0.2, 0) is 23.7 Å². The van der Waals surface area contributed by atoms with E-state index in [1.807, 2.05) is 0 Å². The molecular weight excluding hydrogens is 688 g/mol. The van der Waals surface area contributed by atoms with Crippen molar-refractivity contribution in [3.63, 3.8) is 0 Å². The molecular formula is C32H38O19. The first-order valence-electron chi connectivity index (χ1n) is 15.8.